The molecule has 2 unspecified atom stereocenters. The lowest BCUT2D eigenvalue weighted by Gasteiger charge is -2.20. The van der Waals surface area contributed by atoms with Gasteiger partial charge in [0.25, 0.3) is 0 Å². The molecule has 1 fully saturated rings. The van der Waals surface area contributed by atoms with E-state index >= 15 is 0 Å². The standard InChI is InChI=1S/C17H27N/c1-4-15-8-6-9-16(12-11-15)18-17-10-5-7-13(2)14(17)3/h5,7,10,15-16,18H,4,6,8-9,11-12H2,1-3H3. The van der Waals surface area contributed by atoms with Crippen LogP contribution >= 0.6 is 0 Å². The smallest absolute Gasteiger partial charge is 0.0374 e. The molecule has 1 nitrogen and oxygen atoms in total. The van der Waals surface area contributed by atoms with Crippen LogP contribution in [-0.4, -0.2) is 6.04 Å². The molecule has 100 valence electrons. The lowest BCUT2D eigenvalue weighted by atomic mass is 9.97. The van der Waals surface area contributed by atoms with Crippen molar-refractivity contribution in [3.8, 4) is 0 Å². The maximum atomic E-state index is 3.77. The second-order valence-electron chi connectivity index (χ2n) is 5.87. The van der Waals surface area contributed by atoms with Gasteiger partial charge in [-0.25, -0.2) is 0 Å². The highest BCUT2D eigenvalue weighted by atomic mass is 14.9. The number of aryl methyl sites for hydroxylation is 1. The molecule has 1 aliphatic carbocycles. The molecule has 0 bridgehead atoms. The third-order valence-electron chi connectivity index (χ3n) is 4.63. The van der Waals surface area contributed by atoms with Gasteiger partial charge in [0, 0.05) is 11.7 Å². The minimum atomic E-state index is 0.682. The molecule has 0 aromatic heterocycles. The fourth-order valence-electron chi connectivity index (χ4n) is 3.06. The number of anilines is 1. The van der Waals surface area contributed by atoms with E-state index in [-0.39, 0.29) is 0 Å². The van der Waals surface area contributed by atoms with Crippen LogP contribution in [0.15, 0.2) is 18.2 Å². The van der Waals surface area contributed by atoms with Crippen LogP contribution in [0.5, 0.6) is 0 Å². The highest BCUT2D eigenvalue weighted by Crippen LogP contribution is 2.28. The van der Waals surface area contributed by atoms with E-state index in [4.69, 9.17) is 0 Å². The van der Waals surface area contributed by atoms with Gasteiger partial charge in [-0.05, 0) is 56.2 Å². The molecule has 1 aliphatic rings. The molecule has 1 N–H and O–H groups in total. The summed E-state index contributed by atoms with van der Waals surface area (Å²) in [4.78, 5) is 0. The summed E-state index contributed by atoms with van der Waals surface area (Å²) in [7, 11) is 0. The predicted molar refractivity (Wildman–Crippen MR) is 80.2 cm³/mol. The molecule has 1 aromatic rings. The van der Waals surface area contributed by atoms with Crippen molar-refractivity contribution in [2.45, 2.75) is 65.3 Å². The van der Waals surface area contributed by atoms with Gasteiger partial charge in [-0.1, -0.05) is 38.3 Å². The summed E-state index contributed by atoms with van der Waals surface area (Å²) in [5.41, 5.74) is 4.14. The van der Waals surface area contributed by atoms with E-state index in [2.05, 4.69) is 44.3 Å². The number of hydrogen-bond donors (Lipinski definition) is 1. The first kappa shape index (κ1) is 13.5. The SMILES string of the molecule is CCC1CCCC(Nc2cccc(C)c2C)CC1. The molecule has 18 heavy (non-hydrogen) atoms. The number of nitrogens with one attached hydrogen (secondary N) is 1. The van der Waals surface area contributed by atoms with E-state index in [1.807, 2.05) is 0 Å². The van der Waals surface area contributed by atoms with Gasteiger partial charge >= 0.3 is 0 Å². The molecule has 0 radical (unpaired) electrons. The molecule has 0 amide bonds. The van der Waals surface area contributed by atoms with Crippen LogP contribution < -0.4 is 5.32 Å². The van der Waals surface area contributed by atoms with Crippen molar-refractivity contribution in [3.63, 3.8) is 0 Å². The van der Waals surface area contributed by atoms with Gasteiger partial charge in [0.05, 0.1) is 0 Å². The highest BCUT2D eigenvalue weighted by Gasteiger charge is 2.18. The molecule has 2 atom stereocenters. The zero-order valence-corrected chi connectivity index (χ0v) is 12.1. The fourth-order valence-corrected chi connectivity index (χ4v) is 3.06. The van der Waals surface area contributed by atoms with Crippen molar-refractivity contribution in [2.75, 3.05) is 5.32 Å². The van der Waals surface area contributed by atoms with E-state index in [0.29, 0.717) is 6.04 Å². The first-order chi connectivity index (χ1) is 8.70. The largest absolute Gasteiger partial charge is 0.382 e. The fraction of sp³-hybridized carbons (Fsp3) is 0.647. The van der Waals surface area contributed by atoms with Gasteiger partial charge in [0.2, 0.25) is 0 Å². The van der Waals surface area contributed by atoms with E-state index in [1.54, 1.807) is 0 Å². The first-order valence-electron chi connectivity index (χ1n) is 7.53. The number of rotatable bonds is 3. The van der Waals surface area contributed by atoms with Crippen LogP contribution in [-0.2, 0) is 0 Å². The zero-order valence-electron chi connectivity index (χ0n) is 12.1. The van der Waals surface area contributed by atoms with Crippen molar-refractivity contribution < 1.29 is 0 Å². The Labute approximate surface area is 112 Å². The number of hydrogen-bond acceptors (Lipinski definition) is 1. The Bertz CT molecular complexity index is 383. The summed E-state index contributed by atoms with van der Waals surface area (Å²) in [6.45, 7) is 6.76. The topological polar surface area (TPSA) is 12.0 Å². The Morgan fingerprint density at radius 2 is 1.94 bits per heavy atom. The average molecular weight is 245 g/mol. The molecule has 1 saturated carbocycles. The molecule has 1 heteroatoms. The van der Waals surface area contributed by atoms with Crippen molar-refractivity contribution in [2.24, 2.45) is 5.92 Å². The Balaban J connectivity index is 1.99. The third-order valence-corrected chi connectivity index (χ3v) is 4.63. The maximum absolute atomic E-state index is 3.77. The Kier molecular flexibility index (Phi) is 4.68. The predicted octanol–water partition coefficient (Wildman–Crippen LogP) is 5.07. The molecule has 0 saturated heterocycles. The van der Waals surface area contributed by atoms with Crippen LogP contribution in [0.25, 0.3) is 0 Å². The van der Waals surface area contributed by atoms with E-state index < -0.39 is 0 Å². The van der Waals surface area contributed by atoms with Crippen molar-refractivity contribution in [3.05, 3.63) is 29.3 Å². The summed E-state index contributed by atoms with van der Waals surface area (Å²) in [5.74, 6) is 0.968. The number of benzene rings is 1. The summed E-state index contributed by atoms with van der Waals surface area (Å²) in [6.07, 6.45) is 8.26. The molecule has 2 rings (SSSR count). The normalized spacial score (nSPS) is 24.6. The second kappa shape index (κ2) is 6.26. The van der Waals surface area contributed by atoms with Crippen molar-refractivity contribution >= 4 is 5.69 Å². The zero-order chi connectivity index (χ0) is 13.0. The Morgan fingerprint density at radius 3 is 2.72 bits per heavy atom. The van der Waals surface area contributed by atoms with Gasteiger partial charge in [0.15, 0.2) is 0 Å². The third kappa shape index (κ3) is 3.28. The quantitative estimate of drug-likeness (QED) is 0.733. The van der Waals surface area contributed by atoms with Crippen LogP contribution in [0.4, 0.5) is 5.69 Å². The van der Waals surface area contributed by atoms with Crippen LogP contribution in [0.1, 0.15) is 56.6 Å². The average Bonchev–Trinajstić information content (AvgIpc) is 2.60. The first-order valence-corrected chi connectivity index (χ1v) is 7.53. The summed E-state index contributed by atoms with van der Waals surface area (Å²) >= 11 is 0. The van der Waals surface area contributed by atoms with E-state index in [0.717, 1.165) is 5.92 Å². The summed E-state index contributed by atoms with van der Waals surface area (Å²) in [5, 5.41) is 3.77. The molecule has 0 spiro atoms. The second-order valence-corrected chi connectivity index (χ2v) is 5.87. The summed E-state index contributed by atoms with van der Waals surface area (Å²) < 4.78 is 0. The van der Waals surface area contributed by atoms with Gasteiger partial charge in [-0.15, -0.1) is 0 Å². The van der Waals surface area contributed by atoms with Gasteiger partial charge in [0.1, 0.15) is 0 Å². The molecule has 0 aliphatic heterocycles. The van der Waals surface area contributed by atoms with Gasteiger partial charge in [-0.2, -0.15) is 0 Å². The van der Waals surface area contributed by atoms with Gasteiger partial charge < -0.3 is 5.32 Å². The lowest BCUT2D eigenvalue weighted by molar-refractivity contribution is 0.444. The minimum absolute atomic E-state index is 0.682. The minimum Gasteiger partial charge on any atom is -0.382 e. The summed E-state index contributed by atoms with van der Waals surface area (Å²) in [6, 6.07) is 7.27. The molecule has 0 heterocycles. The van der Waals surface area contributed by atoms with Crippen LogP contribution in [0, 0.1) is 19.8 Å². The molecular weight excluding hydrogens is 218 g/mol. The monoisotopic (exact) mass is 245 g/mol. The maximum Gasteiger partial charge on any atom is 0.0374 e. The van der Waals surface area contributed by atoms with Crippen LogP contribution in [0.3, 0.4) is 0 Å². The highest BCUT2D eigenvalue weighted by molar-refractivity contribution is 5.54. The lowest BCUT2D eigenvalue weighted by Crippen LogP contribution is -2.19. The molecular formula is C17H27N. The van der Waals surface area contributed by atoms with Crippen molar-refractivity contribution in [1.29, 1.82) is 0 Å². The van der Waals surface area contributed by atoms with E-state index in [1.165, 1.54) is 55.3 Å². The Hall–Kier alpha value is -0.980. The van der Waals surface area contributed by atoms with Crippen molar-refractivity contribution in [1.82, 2.24) is 0 Å². The van der Waals surface area contributed by atoms with E-state index in [9.17, 15) is 0 Å². The van der Waals surface area contributed by atoms with Gasteiger partial charge in [-0.3, -0.25) is 0 Å². The van der Waals surface area contributed by atoms with Crippen LogP contribution in [0.2, 0.25) is 0 Å². The molecule has 1 aromatic carbocycles. The Morgan fingerprint density at radius 1 is 1.11 bits per heavy atom.